The number of nitrogens with one attached hydrogen (secondary N) is 1. The molecule has 170 valence electrons. The van der Waals surface area contributed by atoms with E-state index in [0.717, 1.165) is 5.56 Å². The third-order valence-corrected chi connectivity index (χ3v) is 6.28. The molecule has 2 aromatic carbocycles. The summed E-state index contributed by atoms with van der Waals surface area (Å²) in [5.41, 5.74) is 1.98. The van der Waals surface area contributed by atoms with Crippen LogP contribution in [-0.2, 0) is 19.1 Å². The molecule has 2 aromatic rings. The van der Waals surface area contributed by atoms with Gasteiger partial charge in [0.15, 0.2) is 6.61 Å². The molecule has 2 aliphatic rings. The zero-order valence-electron chi connectivity index (χ0n) is 18.2. The molecular weight excluding hydrogens is 444 g/mol. The number of ether oxygens (including phenoxy) is 1. The molecule has 1 N–H and O–H groups in total. The highest BCUT2D eigenvalue weighted by Crippen LogP contribution is 2.40. The molecule has 0 aromatic heterocycles. The van der Waals surface area contributed by atoms with Gasteiger partial charge < -0.3 is 10.1 Å². The minimum Gasteiger partial charge on any atom is -0.452 e. The normalized spacial score (nSPS) is 21.7. The van der Waals surface area contributed by atoms with E-state index in [1.165, 1.54) is 29.2 Å². The van der Waals surface area contributed by atoms with Crippen molar-refractivity contribution in [3.8, 4) is 0 Å². The number of hydrogen-bond donors (Lipinski definition) is 1. The van der Waals surface area contributed by atoms with Gasteiger partial charge in [0.25, 0.3) is 5.91 Å². The van der Waals surface area contributed by atoms with Crippen molar-refractivity contribution in [3.63, 3.8) is 0 Å². The molecule has 0 saturated carbocycles. The lowest BCUT2D eigenvalue weighted by atomic mass is 9.78. The maximum atomic E-state index is 12.9. The van der Waals surface area contributed by atoms with Crippen LogP contribution in [-0.4, -0.2) is 30.3 Å². The number of aryl methyl sites for hydroxylation is 1. The minimum atomic E-state index is -0.690. The van der Waals surface area contributed by atoms with Crippen molar-refractivity contribution in [1.82, 2.24) is 0 Å². The van der Waals surface area contributed by atoms with E-state index in [2.05, 4.69) is 5.32 Å². The maximum absolute atomic E-state index is 12.9. The molecule has 1 saturated heterocycles. The van der Waals surface area contributed by atoms with Crippen LogP contribution in [0.5, 0.6) is 0 Å². The number of carbonyl (C=O) groups is 4. The quantitative estimate of drug-likeness (QED) is 0.406. The Morgan fingerprint density at radius 3 is 2.55 bits per heavy atom. The number of benzene rings is 2. The van der Waals surface area contributed by atoms with E-state index >= 15 is 0 Å². The van der Waals surface area contributed by atoms with Crippen LogP contribution in [0.1, 0.15) is 29.3 Å². The summed E-state index contributed by atoms with van der Waals surface area (Å²) in [5, 5.41) is 3.13. The van der Waals surface area contributed by atoms with Crippen molar-refractivity contribution in [2.24, 2.45) is 17.8 Å². The molecule has 3 atom stereocenters. The summed E-state index contributed by atoms with van der Waals surface area (Å²) in [7, 11) is 0. The Balaban J connectivity index is 1.38. The van der Waals surface area contributed by atoms with E-state index in [1.54, 1.807) is 18.2 Å². The zero-order chi connectivity index (χ0) is 23.7. The number of anilines is 2. The number of imide groups is 1. The lowest BCUT2D eigenvalue weighted by Gasteiger charge is -2.22. The van der Waals surface area contributed by atoms with Gasteiger partial charge in [-0.25, -0.2) is 4.79 Å². The van der Waals surface area contributed by atoms with Gasteiger partial charge in [0, 0.05) is 10.7 Å². The number of rotatable bonds is 5. The second kappa shape index (κ2) is 9.19. The van der Waals surface area contributed by atoms with E-state index in [1.807, 2.05) is 26.0 Å². The van der Waals surface area contributed by atoms with E-state index in [4.69, 9.17) is 16.3 Å². The fourth-order valence-electron chi connectivity index (χ4n) is 4.28. The van der Waals surface area contributed by atoms with E-state index in [-0.39, 0.29) is 35.1 Å². The summed E-state index contributed by atoms with van der Waals surface area (Å²) in [5.74, 6) is -2.32. The van der Waals surface area contributed by atoms with Crippen LogP contribution in [0, 0.1) is 24.7 Å². The maximum Gasteiger partial charge on any atom is 0.338 e. The first kappa shape index (κ1) is 22.7. The fourth-order valence-corrected chi connectivity index (χ4v) is 4.45. The molecule has 8 heteroatoms. The predicted octanol–water partition coefficient (Wildman–Crippen LogP) is 4.15. The Kier molecular flexibility index (Phi) is 6.33. The van der Waals surface area contributed by atoms with Gasteiger partial charge in [-0.1, -0.05) is 36.7 Å². The standard InChI is InChI=1S/C25H23ClN2O5/c1-14-6-9-17(26)12-20(14)27-21(29)13-33-25(32)16-7-10-18(11-8-16)28-23(30)19-5-3-4-15(2)22(19)24(28)31/h3-4,6-12,15,19,22H,5,13H2,1-2H3,(H,27,29)/t15-,19-,22+/m1/s1. The van der Waals surface area contributed by atoms with Gasteiger partial charge in [-0.05, 0) is 61.2 Å². The van der Waals surface area contributed by atoms with Crippen molar-refractivity contribution in [1.29, 1.82) is 0 Å². The van der Waals surface area contributed by atoms with Crippen LogP contribution in [0.2, 0.25) is 5.02 Å². The molecule has 3 amide bonds. The van der Waals surface area contributed by atoms with Crippen LogP contribution in [0.3, 0.4) is 0 Å². The number of hydrogen-bond acceptors (Lipinski definition) is 5. The topological polar surface area (TPSA) is 92.8 Å². The second-order valence-electron chi connectivity index (χ2n) is 8.30. The molecule has 1 heterocycles. The van der Waals surface area contributed by atoms with Gasteiger partial charge in [0.1, 0.15) is 0 Å². The van der Waals surface area contributed by atoms with Crippen molar-refractivity contribution >= 4 is 46.7 Å². The molecule has 33 heavy (non-hydrogen) atoms. The summed E-state index contributed by atoms with van der Waals surface area (Å²) < 4.78 is 5.09. The highest BCUT2D eigenvalue weighted by atomic mass is 35.5. The Morgan fingerprint density at radius 2 is 1.85 bits per heavy atom. The number of nitrogens with zero attached hydrogens (tertiary/aromatic N) is 1. The van der Waals surface area contributed by atoms with Crippen molar-refractivity contribution in [2.45, 2.75) is 20.3 Å². The molecule has 1 fully saturated rings. The third-order valence-electron chi connectivity index (χ3n) is 6.04. The summed E-state index contributed by atoms with van der Waals surface area (Å²) in [6, 6.07) is 11.1. The number of fused-ring (bicyclic) bond motifs is 1. The SMILES string of the molecule is Cc1ccc(Cl)cc1NC(=O)COC(=O)c1ccc(N2C(=O)[C@H]3[C@H](C)C=CC[C@H]3C2=O)cc1. The van der Waals surface area contributed by atoms with Crippen LogP contribution < -0.4 is 10.2 Å². The van der Waals surface area contributed by atoms with Crippen LogP contribution in [0.25, 0.3) is 0 Å². The Hall–Kier alpha value is -3.45. The molecule has 0 spiro atoms. The number of esters is 1. The van der Waals surface area contributed by atoms with Gasteiger partial charge in [0.05, 0.1) is 23.1 Å². The fraction of sp³-hybridized carbons (Fsp3) is 0.280. The highest BCUT2D eigenvalue weighted by molar-refractivity contribution is 6.31. The van der Waals surface area contributed by atoms with E-state index < -0.39 is 18.5 Å². The Bertz CT molecular complexity index is 1160. The smallest absolute Gasteiger partial charge is 0.338 e. The molecule has 0 bridgehead atoms. The molecule has 0 unspecified atom stereocenters. The molecule has 4 rings (SSSR count). The van der Waals surface area contributed by atoms with Gasteiger partial charge in [-0.15, -0.1) is 0 Å². The largest absolute Gasteiger partial charge is 0.452 e. The van der Waals surface area contributed by atoms with Gasteiger partial charge in [0.2, 0.25) is 11.8 Å². The van der Waals surface area contributed by atoms with Crippen LogP contribution in [0.15, 0.2) is 54.6 Å². The zero-order valence-corrected chi connectivity index (χ0v) is 19.0. The van der Waals surface area contributed by atoms with Gasteiger partial charge in [-0.3, -0.25) is 19.3 Å². The first-order chi connectivity index (χ1) is 15.8. The molecular formula is C25H23ClN2O5. The minimum absolute atomic E-state index is 0.00120. The van der Waals surface area contributed by atoms with E-state index in [9.17, 15) is 19.2 Å². The Labute approximate surface area is 196 Å². The highest BCUT2D eigenvalue weighted by Gasteiger charge is 2.50. The van der Waals surface area contributed by atoms with Gasteiger partial charge >= 0.3 is 5.97 Å². The summed E-state index contributed by atoms with van der Waals surface area (Å²) in [6.07, 6.45) is 4.47. The third kappa shape index (κ3) is 4.54. The summed E-state index contributed by atoms with van der Waals surface area (Å²) >= 11 is 5.94. The van der Waals surface area contributed by atoms with Crippen molar-refractivity contribution in [2.75, 3.05) is 16.8 Å². The molecule has 1 aliphatic carbocycles. The monoisotopic (exact) mass is 466 g/mol. The van der Waals surface area contributed by atoms with E-state index in [0.29, 0.717) is 22.8 Å². The predicted molar refractivity (Wildman–Crippen MR) is 124 cm³/mol. The average Bonchev–Trinajstić information content (AvgIpc) is 3.05. The van der Waals surface area contributed by atoms with Crippen LogP contribution >= 0.6 is 11.6 Å². The van der Waals surface area contributed by atoms with Crippen LogP contribution in [0.4, 0.5) is 11.4 Å². The first-order valence-corrected chi connectivity index (χ1v) is 11.0. The summed E-state index contributed by atoms with van der Waals surface area (Å²) in [6.45, 7) is 3.29. The first-order valence-electron chi connectivity index (χ1n) is 10.6. The lowest BCUT2D eigenvalue weighted by molar-refractivity contribution is -0.123. The van der Waals surface area contributed by atoms with Gasteiger partial charge in [-0.2, -0.15) is 0 Å². The number of amides is 3. The van der Waals surface area contributed by atoms with Crippen molar-refractivity contribution < 1.29 is 23.9 Å². The summed E-state index contributed by atoms with van der Waals surface area (Å²) in [4.78, 5) is 51.4. The number of halogens is 1. The second-order valence-corrected chi connectivity index (χ2v) is 8.73. The molecule has 7 nitrogen and oxygen atoms in total. The average molecular weight is 467 g/mol. The Morgan fingerprint density at radius 1 is 1.12 bits per heavy atom. The number of allylic oxidation sites excluding steroid dienone is 2. The molecule has 1 aliphatic heterocycles. The number of carbonyl (C=O) groups excluding carboxylic acids is 4. The lowest BCUT2D eigenvalue weighted by Crippen LogP contribution is -2.31. The molecule has 0 radical (unpaired) electrons. The van der Waals surface area contributed by atoms with Crippen molar-refractivity contribution in [3.05, 3.63) is 70.8 Å².